The number of aryl methyl sites for hydroxylation is 1. The van der Waals surface area contributed by atoms with Gasteiger partial charge < -0.3 is 14.2 Å². The molecule has 9 nitrogen and oxygen atoms in total. The maximum atomic E-state index is 13.3. The molecular weight excluding hydrogens is 360 g/mol. The minimum absolute atomic E-state index is 0.115. The van der Waals surface area contributed by atoms with E-state index in [0.29, 0.717) is 29.6 Å². The van der Waals surface area contributed by atoms with E-state index in [-0.39, 0.29) is 17.5 Å². The Morgan fingerprint density at radius 2 is 1.92 bits per heavy atom. The van der Waals surface area contributed by atoms with Gasteiger partial charge in [-0.05, 0) is 25.5 Å². The van der Waals surface area contributed by atoms with Crippen LogP contribution in [0.1, 0.15) is 24.1 Å². The molecule has 0 saturated carbocycles. The van der Waals surface area contributed by atoms with Gasteiger partial charge in [0.25, 0.3) is 0 Å². The Morgan fingerprint density at radius 3 is 2.50 bits per heavy atom. The molecule has 0 spiro atoms. The summed E-state index contributed by atoms with van der Waals surface area (Å²) in [5.41, 5.74) is 0. The predicted molar refractivity (Wildman–Crippen MR) is 92.7 cm³/mol. The number of aromatic nitrogens is 3. The van der Waals surface area contributed by atoms with E-state index >= 15 is 0 Å². The normalized spacial score (nSPS) is 21.1. The minimum atomic E-state index is -3.80. The molecule has 1 aliphatic heterocycles. The Morgan fingerprint density at radius 1 is 1.19 bits per heavy atom. The van der Waals surface area contributed by atoms with E-state index in [4.69, 9.17) is 14.2 Å². The Bertz CT molecular complexity index is 883. The second-order valence-electron chi connectivity index (χ2n) is 5.98. The molecule has 1 N–H and O–H groups in total. The van der Waals surface area contributed by atoms with E-state index in [2.05, 4.69) is 15.2 Å². The number of benzene rings is 1. The summed E-state index contributed by atoms with van der Waals surface area (Å²) in [7, 11) is 0.723. The maximum absolute atomic E-state index is 13.3. The van der Waals surface area contributed by atoms with E-state index in [9.17, 15) is 8.42 Å². The predicted octanol–water partition coefficient (Wildman–Crippen LogP) is 1.28. The minimum Gasteiger partial charge on any atom is -0.493 e. The molecule has 0 bridgehead atoms. The van der Waals surface area contributed by atoms with Crippen LogP contribution in [0, 0.1) is 6.92 Å². The lowest BCUT2D eigenvalue weighted by atomic mass is 10.2. The zero-order chi connectivity index (χ0) is 18.9. The Balaban J connectivity index is 2.01. The Hall–Kier alpha value is -2.17. The molecule has 2 aromatic rings. The molecule has 26 heavy (non-hydrogen) atoms. The van der Waals surface area contributed by atoms with Crippen LogP contribution in [0.4, 0.5) is 0 Å². The third-order valence-electron chi connectivity index (χ3n) is 4.42. The van der Waals surface area contributed by atoms with Crippen molar-refractivity contribution in [3.05, 3.63) is 29.8 Å². The molecule has 1 saturated heterocycles. The van der Waals surface area contributed by atoms with Crippen molar-refractivity contribution in [3.63, 3.8) is 0 Å². The average Bonchev–Trinajstić information content (AvgIpc) is 3.27. The molecule has 1 fully saturated rings. The second-order valence-corrected chi connectivity index (χ2v) is 7.87. The molecule has 1 aliphatic rings. The van der Waals surface area contributed by atoms with Crippen molar-refractivity contribution < 1.29 is 22.6 Å². The molecule has 2 heterocycles. The number of rotatable bonds is 6. The lowest BCUT2D eigenvalue weighted by Crippen LogP contribution is -2.32. The van der Waals surface area contributed by atoms with E-state index < -0.39 is 16.1 Å². The summed E-state index contributed by atoms with van der Waals surface area (Å²) in [6.07, 6.45) is 0.258. The summed E-state index contributed by atoms with van der Waals surface area (Å²) in [4.78, 5) is 4.42. The van der Waals surface area contributed by atoms with Gasteiger partial charge in [-0.25, -0.2) is 13.4 Å². The molecule has 1 aromatic carbocycles. The Labute approximate surface area is 152 Å². The molecule has 1 aromatic heterocycles. The fourth-order valence-corrected chi connectivity index (χ4v) is 4.71. The third kappa shape index (κ3) is 3.27. The molecule has 10 heteroatoms. The van der Waals surface area contributed by atoms with Crippen LogP contribution in [0.15, 0.2) is 23.1 Å². The van der Waals surface area contributed by atoms with Gasteiger partial charge in [0.2, 0.25) is 10.0 Å². The molecular formula is C16H22N4O5S. The third-order valence-corrected chi connectivity index (χ3v) is 6.30. The number of ether oxygens (including phenoxy) is 3. The second kappa shape index (κ2) is 7.22. The van der Waals surface area contributed by atoms with Crippen LogP contribution in [0.2, 0.25) is 0 Å². The van der Waals surface area contributed by atoms with Crippen LogP contribution < -0.4 is 9.47 Å². The topological polar surface area (TPSA) is 107 Å². The first kappa shape index (κ1) is 18.6. The molecule has 0 unspecified atom stereocenters. The SMILES string of the molecule is COc1ccc(S(=O)(=O)N2C[C@@H](OC)C[C@H]2c2n[nH]c(C)n2)cc1OC. The lowest BCUT2D eigenvalue weighted by molar-refractivity contribution is 0.114. The van der Waals surface area contributed by atoms with Gasteiger partial charge in [-0.1, -0.05) is 0 Å². The molecule has 0 radical (unpaired) electrons. The summed E-state index contributed by atoms with van der Waals surface area (Å²) < 4.78 is 43.7. The Kier molecular flexibility index (Phi) is 5.17. The molecule has 3 rings (SSSR count). The number of methoxy groups -OCH3 is 3. The van der Waals surface area contributed by atoms with Crippen molar-refractivity contribution >= 4 is 10.0 Å². The average molecular weight is 382 g/mol. The van der Waals surface area contributed by atoms with Gasteiger partial charge in [-0.2, -0.15) is 9.40 Å². The molecule has 0 aliphatic carbocycles. The summed E-state index contributed by atoms with van der Waals surface area (Å²) in [6, 6.07) is 4.02. The number of nitrogens with one attached hydrogen (secondary N) is 1. The van der Waals surface area contributed by atoms with Crippen molar-refractivity contribution in [2.24, 2.45) is 0 Å². The summed E-state index contributed by atoms with van der Waals surface area (Å²) in [5, 5.41) is 6.91. The first-order valence-corrected chi connectivity index (χ1v) is 9.50. The molecule has 0 amide bonds. The maximum Gasteiger partial charge on any atom is 0.243 e. The van der Waals surface area contributed by atoms with Gasteiger partial charge in [0.05, 0.1) is 31.3 Å². The number of sulfonamides is 1. The zero-order valence-electron chi connectivity index (χ0n) is 15.1. The highest BCUT2D eigenvalue weighted by Gasteiger charge is 2.43. The van der Waals surface area contributed by atoms with E-state index in [0.717, 1.165) is 0 Å². The quantitative estimate of drug-likeness (QED) is 0.802. The van der Waals surface area contributed by atoms with Gasteiger partial charge in [-0.15, -0.1) is 0 Å². The number of H-pyrrole nitrogens is 1. The van der Waals surface area contributed by atoms with Gasteiger partial charge in [0, 0.05) is 19.7 Å². The molecule has 142 valence electrons. The fraction of sp³-hybridized carbons (Fsp3) is 0.500. The largest absolute Gasteiger partial charge is 0.493 e. The van der Waals surface area contributed by atoms with Crippen LogP contribution in [-0.2, 0) is 14.8 Å². The number of hydrogen-bond acceptors (Lipinski definition) is 7. The van der Waals surface area contributed by atoms with Gasteiger partial charge in [-0.3, -0.25) is 5.10 Å². The summed E-state index contributed by atoms with van der Waals surface area (Å²) in [6.45, 7) is 2.00. The highest BCUT2D eigenvalue weighted by molar-refractivity contribution is 7.89. The summed E-state index contributed by atoms with van der Waals surface area (Å²) >= 11 is 0. The van der Waals surface area contributed by atoms with Crippen molar-refractivity contribution in [2.45, 2.75) is 30.4 Å². The highest BCUT2D eigenvalue weighted by atomic mass is 32.2. The van der Waals surface area contributed by atoms with Crippen LogP contribution in [0.3, 0.4) is 0 Å². The number of hydrogen-bond donors (Lipinski definition) is 1. The van der Waals surface area contributed by atoms with Crippen molar-refractivity contribution in [3.8, 4) is 11.5 Å². The number of aromatic amines is 1. The van der Waals surface area contributed by atoms with E-state index in [1.165, 1.54) is 30.7 Å². The van der Waals surface area contributed by atoms with Crippen LogP contribution in [0.5, 0.6) is 11.5 Å². The van der Waals surface area contributed by atoms with E-state index in [1.54, 1.807) is 20.1 Å². The van der Waals surface area contributed by atoms with Crippen molar-refractivity contribution in [1.29, 1.82) is 0 Å². The summed E-state index contributed by atoms with van der Waals surface area (Å²) in [5.74, 6) is 1.88. The first-order valence-electron chi connectivity index (χ1n) is 8.06. The van der Waals surface area contributed by atoms with E-state index in [1.807, 2.05) is 0 Å². The number of nitrogens with zero attached hydrogens (tertiary/aromatic N) is 3. The van der Waals surface area contributed by atoms with Crippen LogP contribution >= 0.6 is 0 Å². The fourth-order valence-electron chi connectivity index (χ4n) is 3.06. The van der Waals surface area contributed by atoms with Crippen LogP contribution in [0.25, 0.3) is 0 Å². The lowest BCUT2D eigenvalue weighted by Gasteiger charge is -2.22. The van der Waals surface area contributed by atoms with Gasteiger partial charge in [0.1, 0.15) is 5.82 Å². The smallest absolute Gasteiger partial charge is 0.243 e. The van der Waals surface area contributed by atoms with Crippen molar-refractivity contribution in [2.75, 3.05) is 27.9 Å². The standard InChI is InChI=1S/C16H22N4O5S/c1-10-17-16(19-18-10)13-7-11(23-2)9-20(13)26(21,22)12-5-6-14(24-3)15(8-12)25-4/h5-6,8,11,13H,7,9H2,1-4H3,(H,17,18,19)/t11-,13-/m0/s1. The van der Waals surface area contributed by atoms with Gasteiger partial charge >= 0.3 is 0 Å². The monoisotopic (exact) mass is 382 g/mol. The molecule has 2 atom stereocenters. The first-order chi connectivity index (χ1) is 12.4. The zero-order valence-corrected chi connectivity index (χ0v) is 15.9. The highest BCUT2D eigenvalue weighted by Crippen LogP contribution is 2.38. The van der Waals surface area contributed by atoms with Crippen molar-refractivity contribution in [1.82, 2.24) is 19.5 Å². The van der Waals surface area contributed by atoms with Gasteiger partial charge in [0.15, 0.2) is 17.3 Å². The van der Waals surface area contributed by atoms with Crippen LogP contribution in [-0.4, -0.2) is 61.9 Å².